The molecular weight excluding hydrogens is 254 g/mol. The van der Waals surface area contributed by atoms with Crippen molar-refractivity contribution in [2.24, 2.45) is 0 Å². The van der Waals surface area contributed by atoms with E-state index in [1.54, 1.807) is 18.6 Å². The average Bonchev–Trinajstić information content (AvgIpc) is 2.54. The Labute approximate surface area is 117 Å². The highest BCUT2D eigenvalue weighted by atomic mass is 16.5. The second-order valence-electron chi connectivity index (χ2n) is 4.71. The number of rotatable bonds is 2. The van der Waals surface area contributed by atoms with Gasteiger partial charge in [-0.3, -0.25) is 4.98 Å². The Morgan fingerprint density at radius 1 is 1.30 bits per heavy atom. The van der Waals surface area contributed by atoms with E-state index in [0.717, 1.165) is 30.9 Å². The molecule has 1 aromatic heterocycles. The third kappa shape index (κ3) is 2.34. The fourth-order valence-electron chi connectivity index (χ4n) is 2.45. The van der Waals surface area contributed by atoms with Gasteiger partial charge in [-0.25, -0.2) is 9.78 Å². The Morgan fingerprint density at radius 2 is 2.20 bits per heavy atom. The molecule has 0 unspecified atom stereocenters. The predicted octanol–water partition coefficient (Wildman–Crippen LogP) is 1.83. The quantitative estimate of drug-likeness (QED) is 0.778. The maximum atomic E-state index is 11.6. The highest BCUT2D eigenvalue weighted by Crippen LogP contribution is 2.23. The molecule has 0 saturated carbocycles. The Kier molecular flexibility index (Phi) is 3.33. The summed E-state index contributed by atoms with van der Waals surface area (Å²) in [5.41, 5.74) is 3.01. The fourth-order valence-corrected chi connectivity index (χ4v) is 2.45. The highest BCUT2D eigenvalue weighted by Gasteiger charge is 2.19. The van der Waals surface area contributed by atoms with Crippen molar-refractivity contribution in [3.63, 3.8) is 0 Å². The van der Waals surface area contributed by atoms with Gasteiger partial charge < -0.3 is 9.64 Å². The lowest BCUT2D eigenvalue weighted by Gasteiger charge is -2.29. The molecule has 0 radical (unpaired) electrons. The van der Waals surface area contributed by atoms with Gasteiger partial charge in [-0.1, -0.05) is 6.07 Å². The lowest BCUT2D eigenvalue weighted by atomic mass is 9.97. The molecule has 0 amide bonds. The first kappa shape index (κ1) is 12.6. The summed E-state index contributed by atoms with van der Waals surface area (Å²) >= 11 is 0. The van der Waals surface area contributed by atoms with Gasteiger partial charge in [-0.2, -0.15) is 0 Å². The van der Waals surface area contributed by atoms with E-state index in [9.17, 15) is 4.79 Å². The van der Waals surface area contributed by atoms with Crippen LogP contribution in [-0.4, -0.2) is 29.6 Å². The van der Waals surface area contributed by atoms with Crippen LogP contribution in [0.25, 0.3) is 0 Å². The molecule has 2 heterocycles. The van der Waals surface area contributed by atoms with Crippen molar-refractivity contribution in [2.75, 3.05) is 18.6 Å². The lowest BCUT2D eigenvalue weighted by Crippen LogP contribution is -2.31. The summed E-state index contributed by atoms with van der Waals surface area (Å²) in [6, 6.07) is 5.74. The number of methoxy groups -OCH3 is 1. The minimum Gasteiger partial charge on any atom is -0.465 e. The van der Waals surface area contributed by atoms with Crippen LogP contribution in [0.4, 0.5) is 5.82 Å². The molecule has 2 aromatic rings. The third-order valence-electron chi connectivity index (χ3n) is 3.51. The molecule has 0 aliphatic carbocycles. The van der Waals surface area contributed by atoms with Crippen LogP contribution in [0.1, 0.15) is 21.5 Å². The van der Waals surface area contributed by atoms with Gasteiger partial charge >= 0.3 is 5.97 Å². The highest BCUT2D eigenvalue weighted by molar-refractivity contribution is 5.89. The number of esters is 1. The zero-order valence-corrected chi connectivity index (χ0v) is 11.2. The number of anilines is 1. The monoisotopic (exact) mass is 269 g/mol. The van der Waals surface area contributed by atoms with Crippen LogP contribution in [0, 0.1) is 0 Å². The van der Waals surface area contributed by atoms with Crippen molar-refractivity contribution < 1.29 is 9.53 Å². The van der Waals surface area contributed by atoms with Crippen molar-refractivity contribution in [2.45, 2.75) is 13.0 Å². The van der Waals surface area contributed by atoms with E-state index in [1.807, 2.05) is 18.2 Å². The maximum absolute atomic E-state index is 11.6. The molecule has 0 saturated heterocycles. The summed E-state index contributed by atoms with van der Waals surface area (Å²) in [6.45, 7) is 1.64. The second kappa shape index (κ2) is 5.28. The van der Waals surface area contributed by atoms with Gasteiger partial charge in [0.05, 0.1) is 18.9 Å². The molecule has 5 nitrogen and oxygen atoms in total. The molecule has 1 aromatic carbocycles. The number of fused-ring (bicyclic) bond motifs is 1. The Hall–Kier alpha value is -2.43. The molecule has 5 heteroatoms. The summed E-state index contributed by atoms with van der Waals surface area (Å²) in [5.74, 6) is 0.561. The number of aromatic nitrogens is 2. The standard InChI is InChI=1S/C15H15N3O2/c1-20-15(19)12-3-2-11-4-7-18(10-13(11)8-12)14-9-16-5-6-17-14/h2-3,5-6,8-9H,4,7,10H2,1H3. The minimum atomic E-state index is -0.301. The SMILES string of the molecule is COC(=O)c1ccc2c(c1)CN(c1cnccn1)CC2. The van der Waals surface area contributed by atoms with Crippen LogP contribution < -0.4 is 4.90 Å². The molecule has 0 fully saturated rings. The number of hydrogen-bond donors (Lipinski definition) is 0. The topological polar surface area (TPSA) is 55.3 Å². The van der Waals surface area contributed by atoms with E-state index in [1.165, 1.54) is 12.7 Å². The lowest BCUT2D eigenvalue weighted by molar-refractivity contribution is 0.0600. The Balaban J connectivity index is 1.88. The molecule has 0 bridgehead atoms. The summed E-state index contributed by atoms with van der Waals surface area (Å²) in [5, 5.41) is 0. The molecule has 0 atom stereocenters. The first-order valence-corrected chi connectivity index (χ1v) is 6.49. The minimum absolute atomic E-state index is 0.301. The molecule has 20 heavy (non-hydrogen) atoms. The molecule has 102 valence electrons. The summed E-state index contributed by atoms with van der Waals surface area (Å²) < 4.78 is 4.76. The van der Waals surface area contributed by atoms with E-state index in [0.29, 0.717) is 5.56 Å². The largest absolute Gasteiger partial charge is 0.465 e. The number of benzene rings is 1. The fraction of sp³-hybridized carbons (Fsp3) is 0.267. The van der Waals surface area contributed by atoms with Crippen molar-refractivity contribution >= 4 is 11.8 Å². The van der Waals surface area contributed by atoms with Crippen LogP contribution in [-0.2, 0) is 17.7 Å². The molecule has 1 aliphatic rings. The third-order valence-corrected chi connectivity index (χ3v) is 3.51. The smallest absolute Gasteiger partial charge is 0.337 e. The number of carbonyl (C=O) groups excluding carboxylic acids is 1. The molecule has 0 spiro atoms. The van der Waals surface area contributed by atoms with Gasteiger partial charge in [0.2, 0.25) is 0 Å². The number of nitrogens with zero attached hydrogens (tertiary/aromatic N) is 3. The maximum Gasteiger partial charge on any atom is 0.337 e. The molecule has 0 N–H and O–H groups in total. The van der Waals surface area contributed by atoms with E-state index < -0.39 is 0 Å². The average molecular weight is 269 g/mol. The molecular formula is C15H15N3O2. The van der Waals surface area contributed by atoms with Crippen LogP contribution >= 0.6 is 0 Å². The van der Waals surface area contributed by atoms with Crippen LogP contribution in [0.2, 0.25) is 0 Å². The predicted molar refractivity (Wildman–Crippen MR) is 74.6 cm³/mol. The number of hydrogen-bond acceptors (Lipinski definition) is 5. The van der Waals surface area contributed by atoms with Crippen LogP contribution in [0.3, 0.4) is 0 Å². The Bertz CT molecular complexity index is 628. The van der Waals surface area contributed by atoms with Gasteiger partial charge in [0.25, 0.3) is 0 Å². The first-order chi connectivity index (χ1) is 9.78. The first-order valence-electron chi connectivity index (χ1n) is 6.49. The summed E-state index contributed by atoms with van der Waals surface area (Å²) in [7, 11) is 1.40. The second-order valence-corrected chi connectivity index (χ2v) is 4.71. The van der Waals surface area contributed by atoms with Crippen molar-refractivity contribution in [1.82, 2.24) is 9.97 Å². The zero-order valence-electron chi connectivity index (χ0n) is 11.2. The van der Waals surface area contributed by atoms with Crippen molar-refractivity contribution in [3.05, 3.63) is 53.5 Å². The van der Waals surface area contributed by atoms with Gasteiger partial charge in [0, 0.05) is 25.5 Å². The zero-order chi connectivity index (χ0) is 13.9. The summed E-state index contributed by atoms with van der Waals surface area (Å²) in [6.07, 6.45) is 6.05. The van der Waals surface area contributed by atoms with Gasteiger partial charge in [-0.05, 0) is 29.7 Å². The van der Waals surface area contributed by atoms with Crippen LogP contribution in [0.5, 0.6) is 0 Å². The van der Waals surface area contributed by atoms with Gasteiger partial charge in [0.1, 0.15) is 5.82 Å². The summed E-state index contributed by atoms with van der Waals surface area (Å²) in [4.78, 5) is 22.2. The van der Waals surface area contributed by atoms with E-state index in [2.05, 4.69) is 14.9 Å². The number of ether oxygens (including phenoxy) is 1. The molecule has 1 aliphatic heterocycles. The van der Waals surface area contributed by atoms with Gasteiger partial charge in [-0.15, -0.1) is 0 Å². The Morgan fingerprint density at radius 3 is 2.95 bits per heavy atom. The van der Waals surface area contributed by atoms with Crippen LogP contribution in [0.15, 0.2) is 36.8 Å². The normalized spacial score (nSPS) is 13.8. The van der Waals surface area contributed by atoms with Gasteiger partial charge in [0.15, 0.2) is 0 Å². The molecule has 3 rings (SSSR count). The van der Waals surface area contributed by atoms with Crippen molar-refractivity contribution in [3.8, 4) is 0 Å². The van der Waals surface area contributed by atoms with E-state index >= 15 is 0 Å². The van der Waals surface area contributed by atoms with Crippen molar-refractivity contribution in [1.29, 1.82) is 0 Å². The number of carbonyl (C=O) groups is 1. The van der Waals surface area contributed by atoms with E-state index in [-0.39, 0.29) is 5.97 Å². The van der Waals surface area contributed by atoms with E-state index in [4.69, 9.17) is 4.74 Å².